The zero-order chi connectivity index (χ0) is 26.9. The number of nitrogen functional groups attached to an aromatic ring is 1. The second kappa shape index (κ2) is 10.3. The molecule has 37 heavy (non-hydrogen) atoms. The first kappa shape index (κ1) is 26.3. The lowest BCUT2D eigenvalue weighted by molar-refractivity contribution is -0.137. The highest BCUT2D eigenvalue weighted by atomic mass is 19.4. The van der Waals surface area contributed by atoms with Gasteiger partial charge in [-0.1, -0.05) is 0 Å². The number of ether oxygens (including phenoxy) is 2. The number of halogens is 3. The van der Waals surface area contributed by atoms with Gasteiger partial charge >= 0.3 is 6.18 Å². The van der Waals surface area contributed by atoms with E-state index in [0.717, 1.165) is 25.0 Å². The van der Waals surface area contributed by atoms with Crippen molar-refractivity contribution in [3.8, 4) is 11.5 Å². The Labute approximate surface area is 213 Å². The van der Waals surface area contributed by atoms with Gasteiger partial charge in [-0.15, -0.1) is 0 Å². The number of amides is 1. The molecule has 8 nitrogen and oxygen atoms in total. The predicted molar refractivity (Wildman–Crippen MR) is 135 cm³/mol. The minimum atomic E-state index is -4.51. The molecule has 1 amide bonds. The van der Waals surface area contributed by atoms with Crippen LogP contribution in [0.5, 0.6) is 11.5 Å². The summed E-state index contributed by atoms with van der Waals surface area (Å²) < 4.78 is 51.6. The number of likely N-dealkylation sites (tertiary alicyclic amines) is 1. The second-order valence-corrected chi connectivity index (χ2v) is 9.21. The summed E-state index contributed by atoms with van der Waals surface area (Å²) in [5, 5.41) is 3.82. The zero-order valence-corrected chi connectivity index (χ0v) is 21.1. The highest BCUT2D eigenvalue weighted by Crippen LogP contribution is 2.37. The van der Waals surface area contributed by atoms with Gasteiger partial charge in [-0.3, -0.25) is 4.79 Å². The summed E-state index contributed by atoms with van der Waals surface area (Å²) in [7, 11) is 1.53. The average Bonchev–Trinajstić information content (AvgIpc) is 3.30. The van der Waals surface area contributed by atoms with E-state index in [1.54, 1.807) is 37.8 Å². The molecule has 4 rings (SSSR count). The number of nitrogens with one attached hydrogen (secondary N) is 1. The molecule has 1 aliphatic heterocycles. The van der Waals surface area contributed by atoms with Crippen molar-refractivity contribution in [2.24, 2.45) is 0 Å². The number of aromatic nitrogens is 2. The molecule has 2 heterocycles. The van der Waals surface area contributed by atoms with Crippen LogP contribution in [0.2, 0.25) is 0 Å². The van der Waals surface area contributed by atoms with Crippen molar-refractivity contribution in [1.29, 1.82) is 0 Å². The lowest BCUT2D eigenvalue weighted by atomic mass is 10.0. The number of aryl methyl sites for hydroxylation is 1. The van der Waals surface area contributed by atoms with E-state index in [1.807, 2.05) is 0 Å². The fraction of sp³-hybridized carbons (Fsp3) is 0.423. The number of hydrogen-bond acceptors (Lipinski definition) is 7. The van der Waals surface area contributed by atoms with Gasteiger partial charge in [-0.25, -0.2) is 9.97 Å². The van der Waals surface area contributed by atoms with Gasteiger partial charge in [0.25, 0.3) is 0 Å². The van der Waals surface area contributed by atoms with Crippen LogP contribution in [-0.4, -0.2) is 47.1 Å². The maximum atomic E-state index is 13.3. The quantitative estimate of drug-likeness (QED) is 0.420. The van der Waals surface area contributed by atoms with E-state index in [2.05, 4.69) is 15.3 Å². The van der Waals surface area contributed by atoms with Crippen LogP contribution in [0.15, 0.2) is 30.3 Å². The Balaban J connectivity index is 1.66. The number of carbonyl (C=O) groups is 1. The first-order valence-electron chi connectivity index (χ1n) is 12.0. The van der Waals surface area contributed by atoms with Crippen molar-refractivity contribution in [2.45, 2.75) is 51.9 Å². The summed E-state index contributed by atoms with van der Waals surface area (Å²) in [6.45, 7) is 6.01. The Morgan fingerprint density at radius 2 is 1.97 bits per heavy atom. The molecule has 1 aromatic heterocycles. The first-order chi connectivity index (χ1) is 17.5. The standard InChI is InChI=1S/C26H30F3N5O3/c1-14(17-8-18(26(27,28)29)10-19(30)9-17)31-25-21-11-24(23(36-4)12-22(21)32-15(2)33-25)37-13-20-6-5-7-34(20)16(3)35/h8-12,14,20H,5-7,13,30H2,1-4H3,(H,31,32,33)/t14-,20+/m1/s1. The van der Waals surface area contributed by atoms with Crippen molar-refractivity contribution in [2.75, 3.05) is 31.3 Å². The lowest BCUT2D eigenvalue weighted by Crippen LogP contribution is -2.37. The minimum absolute atomic E-state index is 0.0103. The molecule has 3 aromatic rings. The third-order valence-electron chi connectivity index (χ3n) is 6.46. The van der Waals surface area contributed by atoms with E-state index >= 15 is 0 Å². The number of benzene rings is 2. The maximum absolute atomic E-state index is 13.3. The van der Waals surface area contributed by atoms with Gasteiger partial charge in [0.15, 0.2) is 11.5 Å². The van der Waals surface area contributed by atoms with Crippen molar-refractivity contribution >= 4 is 28.3 Å². The summed E-state index contributed by atoms with van der Waals surface area (Å²) in [6.07, 6.45) is -2.74. The van der Waals surface area contributed by atoms with Gasteiger partial charge < -0.3 is 25.4 Å². The second-order valence-electron chi connectivity index (χ2n) is 9.21. The molecule has 0 spiro atoms. The Morgan fingerprint density at radius 1 is 1.22 bits per heavy atom. The van der Waals surface area contributed by atoms with Gasteiger partial charge in [-0.05, 0) is 56.5 Å². The van der Waals surface area contributed by atoms with E-state index in [1.165, 1.54) is 13.2 Å². The molecule has 1 fully saturated rings. The molecule has 198 valence electrons. The number of rotatable bonds is 7. The molecular formula is C26H30F3N5O3. The highest BCUT2D eigenvalue weighted by molar-refractivity contribution is 5.92. The number of nitrogens with two attached hydrogens (primary N) is 1. The Bertz CT molecular complexity index is 1310. The fourth-order valence-corrected chi connectivity index (χ4v) is 4.62. The number of nitrogens with zero attached hydrogens (tertiary/aromatic N) is 3. The molecule has 1 saturated heterocycles. The number of methoxy groups -OCH3 is 1. The summed E-state index contributed by atoms with van der Waals surface area (Å²) >= 11 is 0. The van der Waals surface area contributed by atoms with Gasteiger partial charge in [0, 0.05) is 30.6 Å². The van der Waals surface area contributed by atoms with Crippen molar-refractivity contribution in [1.82, 2.24) is 14.9 Å². The normalized spacial score (nSPS) is 16.6. The molecule has 2 aromatic carbocycles. The number of alkyl halides is 3. The molecule has 0 bridgehead atoms. The molecule has 2 atom stereocenters. The van der Waals surface area contributed by atoms with E-state index in [-0.39, 0.29) is 17.6 Å². The third kappa shape index (κ3) is 5.81. The average molecular weight is 518 g/mol. The molecular weight excluding hydrogens is 487 g/mol. The van der Waals surface area contributed by atoms with E-state index in [9.17, 15) is 18.0 Å². The fourth-order valence-electron chi connectivity index (χ4n) is 4.62. The van der Waals surface area contributed by atoms with E-state index in [0.29, 0.717) is 52.8 Å². The molecule has 3 N–H and O–H groups in total. The van der Waals surface area contributed by atoms with Crippen LogP contribution < -0.4 is 20.5 Å². The molecule has 11 heteroatoms. The van der Waals surface area contributed by atoms with Gasteiger partial charge in [0.05, 0.1) is 30.3 Å². The largest absolute Gasteiger partial charge is 0.493 e. The Kier molecular flexibility index (Phi) is 7.33. The smallest absolute Gasteiger partial charge is 0.416 e. The molecule has 1 aliphatic rings. The van der Waals surface area contributed by atoms with Gasteiger partial charge in [-0.2, -0.15) is 13.2 Å². The SMILES string of the molecule is COc1cc2nc(C)nc(N[C@H](C)c3cc(N)cc(C(F)(F)F)c3)c2cc1OC[C@@H]1CCCN1C(C)=O. The van der Waals surface area contributed by atoms with Crippen LogP contribution >= 0.6 is 0 Å². The number of hydrogen-bond donors (Lipinski definition) is 2. The van der Waals surface area contributed by atoms with Crippen molar-refractivity contribution < 1.29 is 27.4 Å². The Morgan fingerprint density at radius 3 is 2.65 bits per heavy atom. The minimum Gasteiger partial charge on any atom is -0.493 e. The third-order valence-corrected chi connectivity index (χ3v) is 6.46. The zero-order valence-electron chi connectivity index (χ0n) is 21.1. The molecule has 0 unspecified atom stereocenters. The summed E-state index contributed by atoms with van der Waals surface area (Å²) in [6, 6.07) is 6.39. The highest BCUT2D eigenvalue weighted by Gasteiger charge is 2.31. The number of fused-ring (bicyclic) bond motifs is 1. The van der Waals surface area contributed by atoms with E-state index in [4.69, 9.17) is 15.2 Å². The molecule has 0 saturated carbocycles. The van der Waals surface area contributed by atoms with Crippen LogP contribution in [0.25, 0.3) is 10.9 Å². The molecule has 0 radical (unpaired) electrons. The predicted octanol–water partition coefficient (Wildman–Crippen LogP) is 5.11. The summed E-state index contributed by atoms with van der Waals surface area (Å²) in [4.78, 5) is 22.7. The van der Waals surface area contributed by atoms with Crippen molar-refractivity contribution in [3.05, 3.63) is 47.3 Å². The van der Waals surface area contributed by atoms with Gasteiger partial charge in [0.1, 0.15) is 18.2 Å². The van der Waals surface area contributed by atoms with Crippen LogP contribution in [0.3, 0.4) is 0 Å². The topological polar surface area (TPSA) is 103 Å². The van der Waals surface area contributed by atoms with Crippen LogP contribution in [0.4, 0.5) is 24.7 Å². The van der Waals surface area contributed by atoms with Crippen molar-refractivity contribution in [3.63, 3.8) is 0 Å². The summed E-state index contributed by atoms with van der Waals surface area (Å²) in [5.74, 6) is 1.85. The lowest BCUT2D eigenvalue weighted by Gasteiger charge is -2.24. The number of anilines is 2. The number of carbonyl (C=O) groups excluding carboxylic acids is 1. The van der Waals surface area contributed by atoms with Gasteiger partial charge in [0.2, 0.25) is 5.91 Å². The molecule has 0 aliphatic carbocycles. The van der Waals surface area contributed by atoms with Crippen LogP contribution in [-0.2, 0) is 11.0 Å². The van der Waals surface area contributed by atoms with Crippen LogP contribution in [0, 0.1) is 6.92 Å². The monoisotopic (exact) mass is 517 g/mol. The first-order valence-corrected chi connectivity index (χ1v) is 12.0. The van der Waals surface area contributed by atoms with E-state index < -0.39 is 17.8 Å². The van der Waals surface area contributed by atoms with Crippen LogP contribution in [0.1, 0.15) is 49.7 Å². The maximum Gasteiger partial charge on any atom is 0.416 e. The Hall–Kier alpha value is -3.76. The summed E-state index contributed by atoms with van der Waals surface area (Å²) in [5.41, 5.74) is 5.92.